The third-order valence-corrected chi connectivity index (χ3v) is 2.97. The fourth-order valence-corrected chi connectivity index (χ4v) is 1.84. The first-order chi connectivity index (χ1) is 7.57. The first kappa shape index (κ1) is 13.0. The van der Waals surface area contributed by atoms with E-state index in [2.05, 4.69) is 12.2 Å². The molecule has 0 spiro atoms. The Labute approximate surface area is 96.4 Å². The van der Waals surface area contributed by atoms with Gasteiger partial charge in [-0.25, -0.2) is 0 Å². The number of carbonyl (C=O) groups excluding carboxylic acids is 2. The molecule has 3 N–H and O–H groups in total. The highest BCUT2D eigenvalue weighted by atomic mass is 16.2. The molecule has 1 aliphatic heterocycles. The highest BCUT2D eigenvalue weighted by Crippen LogP contribution is 2.08. The van der Waals surface area contributed by atoms with Crippen LogP contribution in [0, 0.1) is 0 Å². The molecule has 5 heteroatoms. The summed E-state index contributed by atoms with van der Waals surface area (Å²) in [6.07, 6.45) is 2.67. The van der Waals surface area contributed by atoms with Gasteiger partial charge in [0.05, 0.1) is 6.04 Å². The quantitative estimate of drug-likeness (QED) is 0.701. The van der Waals surface area contributed by atoms with Gasteiger partial charge in [0.15, 0.2) is 0 Å². The maximum atomic E-state index is 12.0. The molecule has 16 heavy (non-hydrogen) atoms. The van der Waals surface area contributed by atoms with Crippen molar-refractivity contribution in [2.45, 2.75) is 45.2 Å². The molecule has 1 unspecified atom stereocenters. The second-order valence-corrected chi connectivity index (χ2v) is 4.25. The van der Waals surface area contributed by atoms with Crippen LogP contribution in [-0.4, -0.2) is 41.9 Å². The van der Waals surface area contributed by atoms with Gasteiger partial charge in [0, 0.05) is 13.1 Å². The molecule has 1 aliphatic rings. The number of piperazine rings is 1. The Balaban J connectivity index is 2.54. The predicted molar refractivity (Wildman–Crippen MR) is 61.7 cm³/mol. The van der Waals surface area contributed by atoms with Crippen molar-refractivity contribution in [2.24, 2.45) is 5.73 Å². The monoisotopic (exact) mass is 227 g/mol. The third-order valence-electron chi connectivity index (χ3n) is 2.97. The van der Waals surface area contributed by atoms with Crippen LogP contribution in [0.5, 0.6) is 0 Å². The predicted octanol–water partition coefficient (Wildman–Crippen LogP) is -0.149. The molecule has 2 atom stereocenters. The highest BCUT2D eigenvalue weighted by Gasteiger charge is 2.31. The van der Waals surface area contributed by atoms with Crippen LogP contribution < -0.4 is 11.1 Å². The molecule has 1 rings (SSSR count). The molecular formula is C11H21N3O2. The first-order valence-corrected chi connectivity index (χ1v) is 5.91. The molecule has 0 aromatic rings. The maximum Gasteiger partial charge on any atom is 0.242 e. The Kier molecular flexibility index (Phi) is 4.73. The van der Waals surface area contributed by atoms with Crippen LogP contribution in [0.1, 0.15) is 33.1 Å². The fourth-order valence-electron chi connectivity index (χ4n) is 1.84. The summed E-state index contributed by atoms with van der Waals surface area (Å²) >= 11 is 0. The van der Waals surface area contributed by atoms with E-state index < -0.39 is 12.1 Å². The Hall–Kier alpha value is -1.10. The minimum absolute atomic E-state index is 0.0951. The zero-order valence-electron chi connectivity index (χ0n) is 10.0. The average molecular weight is 227 g/mol. The fraction of sp³-hybridized carbons (Fsp3) is 0.818. The minimum Gasteiger partial charge on any atom is -0.353 e. The van der Waals surface area contributed by atoms with E-state index in [1.54, 1.807) is 11.8 Å². The van der Waals surface area contributed by atoms with Crippen LogP contribution in [0.15, 0.2) is 0 Å². The van der Waals surface area contributed by atoms with Crippen molar-refractivity contribution < 1.29 is 9.59 Å². The second-order valence-electron chi connectivity index (χ2n) is 4.25. The van der Waals surface area contributed by atoms with Crippen molar-refractivity contribution in [3.05, 3.63) is 0 Å². The van der Waals surface area contributed by atoms with E-state index in [-0.39, 0.29) is 11.8 Å². The number of carbonyl (C=O) groups is 2. The molecule has 0 aliphatic carbocycles. The number of unbranched alkanes of at least 4 members (excludes halogenated alkanes) is 1. The van der Waals surface area contributed by atoms with Crippen LogP contribution in [0.2, 0.25) is 0 Å². The lowest BCUT2D eigenvalue weighted by Crippen LogP contribution is -2.59. The van der Waals surface area contributed by atoms with Gasteiger partial charge in [-0.15, -0.1) is 0 Å². The lowest BCUT2D eigenvalue weighted by Gasteiger charge is -2.34. The molecule has 1 fully saturated rings. The second kappa shape index (κ2) is 5.84. The summed E-state index contributed by atoms with van der Waals surface area (Å²) in [7, 11) is 0. The average Bonchev–Trinajstić information content (AvgIpc) is 2.28. The first-order valence-electron chi connectivity index (χ1n) is 5.91. The smallest absolute Gasteiger partial charge is 0.242 e. The molecule has 0 saturated carbocycles. The molecule has 1 saturated heterocycles. The van der Waals surface area contributed by atoms with Gasteiger partial charge in [-0.3, -0.25) is 9.59 Å². The zero-order chi connectivity index (χ0) is 12.1. The SMILES string of the molecule is CCCC[C@H](N)C(=O)N1CCNC(=O)C1C. The van der Waals surface area contributed by atoms with Gasteiger partial charge in [-0.2, -0.15) is 0 Å². The van der Waals surface area contributed by atoms with Gasteiger partial charge < -0.3 is 16.0 Å². The van der Waals surface area contributed by atoms with Crippen LogP contribution in [0.25, 0.3) is 0 Å². The number of nitrogens with zero attached hydrogens (tertiary/aromatic N) is 1. The molecule has 0 bridgehead atoms. The van der Waals surface area contributed by atoms with E-state index in [1.165, 1.54) is 0 Å². The summed E-state index contributed by atoms with van der Waals surface area (Å²) < 4.78 is 0. The van der Waals surface area contributed by atoms with Gasteiger partial charge in [-0.05, 0) is 13.3 Å². The summed E-state index contributed by atoms with van der Waals surface area (Å²) in [5.74, 6) is -0.196. The Bertz CT molecular complexity index is 268. The van der Waals surface area contributed by atoms with Crippen LogP contribution >= 0.6 is 0 Å². The van der Waals surface area contributed by atoms with Gasteiger partial charge in [-0.1, -0.05) is 19.8 Å². The molecule has 2 amide bonds. The van der Waals surface area contributed by atoms with Crippen molar-refractivity contribution in [1.82, 2.24) is 10.2 Å². The number of nitrogens with one attached hydrogen (secondary N) is 1. The van der Waals surface area contributed by atoms with E-state index in [9.17, 15) is 9.59 Å². The standard InChI is InChI=1S/C11H21N3O2/c1-3-4-5-9(12)11(16)14-7-6-13-10(15)8(14)2/h8-9H,3-7,12H2,1-2H3,(H,13,15)/t8?,9-/m0/s1. The van der Waals surface area contributed by atoms with E-state index in [0.29, 0.717) is 19.5 Å². The molecule has 0 aromatic heterocycles. The van der Waals surface area contributed by atoms with E-state index >= 15 is 0 Å². The third kappa shape index (κ3) is 2.95. The molecular weight excluding hydrogens is 206 g/mol. The minimum atomic E-state index is -0.465. The Morgan fingerprint density at radius 1 is 1.69 bits per heavy atom. The Morgan fingerprint density at radius 2 is 2.38 bits per heavy atom. The van der Waals surface area contributed by atoms with Crippen LogP contribution in [-0.2, 0) is 9.59 Å². The highest BCUT2D eigenvalue weighted by molar-refractivity contribution is 5.90. The van der Waals surface area contributed by atoms with E-state index in [1.807, 2.05) is 0 Å². The van der Waals surface area contributed by atoms with E-state index in [4.69, 9.17) is 5.73 Å². The number of nitrogens with two attached hydrogens (primary N) is 1. The van der Waals surface area contributed by atoms with E-state index in [0.717, 1.165) is 12.8 Å². The molecule has 5 nitrogen and oxygen atoms in total. The maximum absolute atomic E-state index is 12.0. The molecule has 0 radical (unpaired) electrons. The summed E-state index contributed by atoms with van der Waals surface area (Å²) in [5.41, 5.74) is 5.82. The normalized spacial score (nSPS) is 22.8. The van der Waals surface area contributed by atoms with Gasteiger partial charge in [0.2, 0.25) is 11.8 Å². The van der Waals surface area contributed by atoms with Crippen molar-refractivity contribution in [3.8, 4) is 0 Å². The summed E-state index contributed by atoms with van der Waals surface area (Å²) in [6, 6.07) is -0.859. The summed E-state index contributed by atoms with van der Waals surface area (Å²) in [4.78, 5) is 25.0. The summed E-state index contributed by atoms with van der Waals surface area (Å²) in [5, 5.41) is 2.73. The van der Waals surface area contributed by atoms with Gasteiger partial charge >= 0.3 is 0 Å². The molecule has 92 valence electrons. The van der Waals surface area contributed by atoms with Crippen molar-refractivity contribution in [1.29, 1.82) is 0 Å². The largest absolute Gasteiger partial charge is 0.353 e. The lowest BCUT2D eigenvalue weighted by molar-refractivity contribution is -0.143. The van der Waals surface area contributed by atoms with Crippen LogP contribution in [0.4, 0.5) is 0 Å². The van der Waals surface area contributed by atoms with Crippen molar-refractivity contribution in [2.75, 3.05) is 13.1 Å². The van der Waals surface area contributed by atoms with Gasteiger partial charge in [0.25, 0.3) is 0 Å². The Morgan fingerprint density at radius 3 is 3.00 bits per heavy atom. The van der Waals surface area contributed by atoms with Crippen LogP contribution in [0.3, 0.4) is 0 Å². The van der Waals surface area contributed by atoms with Crippen molar-refractivity contribution >= 4 is 11.8 Å². The van der Waals surface area contributed by atoms with Gasteiger partial charge in [0.1, 0.15) is 6.04 Å². The topological polar surface area (TPSA) is 75.4 Å². The summed E-state index contributed by atoms with van der Waals surface area (Å²) in [6.45, 7) is 4.88. The van der Waals surface area contributed by atoms with Crippen molar-refractivity contribution in [3.63, 3.8) is 0 Å². The number of hydrogen-bond donors (Lipinski definition) is 2. The number of hydrogen-bond acceptors (Lipinski definition) is 3. The zero-order valence-corrected chi connectivity index (χ0v) is 10.0. The lowest BCUT2D eigenvalue weighted by atomic mass is 10.1. The number of amides is 2. The number of rotatable bonds is 4. The molecule has 0 aromatic carbocycles. The molecule has 1 heterocycles.